The van der Waals surface area contributed by atoms with Crippen LogP contribution in [0.15, 0.2) is 68.4 Å². The second-order valence-corrected chi connectivity index (χ2v) is 9.04. The number of fused-ring (bicyclic) bond motifs is 1. The van der Waals surface area contributed by atoms with Crippen molar-refractivity contribution >= 4 is 21.8 Å². The molecule has 0 spiro atoms. The zero-order chi connectivity index (χ0) is 22.3. The van der Waals surface area contributed by atoms with Crippen molar-refractivity contribution in [3.05, 3.63) is 72.0 Å². The number of aromatic nitrogens is 1. The summed E-state index contributed by atoms with van der Waals surface area (Å²) >= 11 is 0. The predicted octanol–water partition coefficient (Wildman–Crippen LogP) is 3.14. The van der Waals surface area contributed by atoms with Crippen molar-refractivity contribution in [3.63, 3.8) is 0 Å². The van der Waals surface area contributed by atoms with Gasteiger partial charge >= 0.3 is 5.97 Å². The third-order valence-electron chi connectivity index (χ3n) is 5.43. The van der Waals surface area contributed by atoms with E-state index in [4.69, 9.17) is 9.15 Å². The standard InChI is InChI=1S/C22H18FN3O5S/c23-15-9-7-14(8-10-15)18-12-24-20(31-18)13-30-22(27)17-5-3-11-26(17)21-16-4-1-2-6-19(16)32(28,29)25-21/h1-2,4,6-10,12,17H,3,5,11,13H2/t17-/m0/s1. The first-order valence-electron chi connectivity index (χ1n) is 10.0. The van der Waals surface area contributed by atoms with Crippen LogP contribution in [0.4, 0.5) is 4.39 Å². The molecule has 0 amide bonds. The van der Waals surface area contributed by atoms with E-state index in [0.717, 1.165) is 0 Å². The van der Waals surface area contributed by atoms with E-state index in [1.54, 1.807) is 35.2 Å². The van der Waals surface area contributed by atoms with E-state index in [2.05, 4.69) is 9.38 Å². The van der Waals surface area contributed by atoms with Crippen molar-refractivity contribution in [1.82, 2.24) is 9.88 Å². The maximum Gasteiger partial charge on any atom is 0.329 e. The molecular weight excluding hydrogens is 437 g/mol. The average molecular weight is 455 g/mol. The minimum atomic E-state index is -3.78. The quantitative estimate of drug-likeness (QED) is 0.557. The Morgan fingerprint density at radius 3 is 2.78 bits per heavy atom. The highest BCUT2D eigenvalue weighted by molar-refractivity contribution is 7.90. The summed E-state index contributed by atoms with van der Waals surface area (Å²) in [5.41, 5.74) is 1.14. The molecule has 1 saturated heterocycles. The Balaban J connectivity index is 1.29. The molecule has 2 aromatic carbocycles. The average Bonchev–Trinajstić information content (AvgIpc) is 3.51. The lowest BCUT2D eigenvalue weighted by atomic mass is 10.1. The SMILES string of the molecule is O=C(OCc1ncc(-c2ccc(F)cc2)o1)[C@@H]1CCCN1C1=NS(=O)(=O)c2ccccc21. The normalized spacial score (nSPS) is 19.0. The molecule has 3 aromatic rings. The molecule has 1 fully saturated rings. The Hall–Kier alpha value is -3.53. The van der Waals surface area contributed by atoms with Gasteiger partial charge in [0.2, 0.25) is 5.89 Å². The van der Waals surface area contributed by atoms with Crippen molar-refractivity contribution in [2.75, 3.05) is 6.54 Å². The number of amidine groups is 1. The lowest BCUT2D eigenvalue weighted by molar-refractivity contribution is -0.149. The first kappa shape index (κ1) is 20.4. The Kier molecular flexibility index (Phi) is 5.01. The molecule has 32 heavy (non-hydrogen) atoms. The number of halogens is 1. The van der Waals surface area contributed by atoms with E-state index >= 15 is 0 Å². The lowest BCUT2D eigenvalue weighted by Crippen LogP contribution is -2.41. The monoisotopic (exact) mass is 455 g/mol. The molecule has 10 heteroatoms. The van der Waals surface area contributed by atoms with Crippen LogP contribution in [0.2, 0.25) is 0 Å². The minimum Gasteiger partial charge on any atom is -0.454 e. The highest BCUT2D eigenvalue weighted by Gasteiger charge is 2.40. The highest BCUT2D eigenvalue weighted by atomic mass is 32.2. The van der Waals surface area contributed by atoms with Crippen LogP contribution < -0.4 is 0 Å². The van der Waals surface area contributed by atoms with Gasteiger partial charge in [0.1, 0.15) is 16.8 Å². The third-order valence-corrected chi connectivity index (χ3v) is 6.75. The molecule has 0 N–H and O–H groups in total. The van der Waals surface area contributed by atoms with Gasteiger partial charge in [-0.05, 0) is 49.2 Å². The number of ether oxygens (including phenoxy) is 1. The van der Waals surface area contributed by atoms with Gasteiger partial charge < -0.3 is 14.1 Å². The lowest BCUT2D eigenvalue weighted by Gasteiger charge is -2.24. The summed E-state index contributed by atoms with van der Waals surface area (Å²) in [7, 11) is -3.78. The number of sulfonamides is 1. The molecule has 0 saturated carbocycles. The molecule has 0 radical (unpaired) electrons. The molecule has 0 unspecified atom stereocenters. The van der Waals surface area contributed by atoms with Crippen molar-refractivity contribution in [2.24, 2.45) is 4.40 Å². The fraction of sp³-hybridized carbons (Fsp3) is 0.227. The summed E-state index contributed by atoms with van der Waals surface area (Å²) in [6, 6.07) is 11.7. The number of oxazole rings is 1. The van der Waals surface area contributed by atoms with Gasteiger partial charge in [0.15, 0.2) is 18.2 Å². The van der Waals surface area contributed by atoms with Crippen molar-refractivity contribution in [1.29, 1.82) is 0 Å². The van der Waals surface area contributed by atoms with Gasteiger partial charge in [-0.1, -0.05) is 12.1 Å². The van der Waals surface area contributed by atoms with Gasteiger partial charge in [0, 0.05) is 17.7 Å². The zero-order valence-electron chi connectivity index (χ0n) is 16.8. The number of esters is 1. The van der Waals surface area contributed by atoms with Crippen molar-refractivity contribution in [3.8, 4) is 11.3 Å². The molecule has 0 bridgehead atoms. The van der Waals surface area contributed by atoms with Crippen LogP contribution in [-0.4, -0.2) is 42.7 Å². The summed E-state index contributed by atoms with van der Waals surface area (Å²) in [4.78, 5) is 18.7. The Labute approximate surface area is 183 Å². The van der Waals surface area contributed by atoms with Gasteiger partial charge in [-0.25, -0.2) is 14.2 Å². The van der Waals surface area contributed by atoms with Gasteiger partial charge in [-0.2, -0.15) is 8.42 Å². The first-order valence-corrected chi connectivity index (χ1v) is 11.4. The van der Waals surface area contributed by atoms with Gasteiger partial charge in [-0.3, -0.25) is 0 Å². The molecule has 2 aliphatic heterocycles. The molecule has 5 rings (SSSR count). The number of nitrogens with zero attached hydrogens (tertiary/aromatic N) is 3. The second kappa shape index (κ2) is 7.86. The molecule has 8 nitrogen and oxygen atoms in total. The molecule has 0 aliphatic carbocycles. The van der Waals surface area contributed by atoms with Crippen LogP contribution >= 0.6 is 0 Å². The number of benzene rings is 2. The van der Waals surface area contributed by atoms with Crippen LogP contribution in [0.5, 0.6) is 0 Å². The number of rotatable bonds is 4. The topological polar surface area (TPSA) is 102 Å². The summed E-state index contributed by atoms with van der Waals surface area (Å²) < 4.78 is 52.7. The summed E-state index contributed by atoms with van der Waals surface area (Å²) in [5, 5.41) is 0. The highest BCUT2D eigenvalue weighted by Crippen LogP contribution is 2.31. The van der Waals surface area contributed by atoms with E-state index in [1.807, 2.05) is 0 Å². The van der Waals surface area contributed by atoms with Crippen LogP contribution in [0.1, 0.15) is 24.3 Å². The van der Waals surface area contributed by atoms with Gasteiger partial charge in [0.05, 0.1) is 6.20 Å². The molecule has 1 aromatic heterocycles. The fourth-order valence-corrected chi connectivity index (χ4v) is 5.13. The summed E-state index contributed by atoms with van der Waals surface area (Å²) in [6.07, 6.45) is 2.70. The first-order chi connectivity index (χ1) is 15.4. The summed E-state index contributed by atoms with van der Waals surface area (Å²) in [5.74, 6) is 0.0446. The zero-order valence-corrected chi connectivity index (χ0v) is 17.6. The maximum atomic E-state index is 13.1. The van der Waals surface area contributed by atoms with E-state index in [9.17, 15) is 17.6 Å². The van der Waals surface area contributed by atoms with Crippen molar-refractivity contribution < 1.29 is 26.8 Å². The van der Waals surface area contributed by atoms with E-state index < -0.39 is 22.0 Å². The second-order valence-electron chi connectivity index (χ2n) is 7.47. The predicted molar refractivity (Wildman–Crippen MR) is 112 cm³/mol. The number of likely N-dealkylation sites (tertiary alicyclic amines) is 1. The molecular formula is C22H18FN3O5S. The number of carbonyl (C=O) groups excluding carboxylic acids is 1. The largest absolute Gasteiger partial charge is 0.454 e. The van der Waals surface area contributed by atoms with E-state index in [0.29, 0.717) is 36.3 Å². The van der Waals surface area contributed by atoms with Gasteiger partial charge in [-0.15, -0.1) is 4.40 Å². The van der Waals surface area contributed by atoms with E-state index in [-0.39, 0.29) is 29.0 Å². The third kappa shape index (κ3) is 3.66. The fourth-order valence-electron chi connectivity index (χ4n) is 3.91. The molecule has 1 atom stereocenters. The van der Waals surface area contributed by atoms with E-state index in [1.165, 1.54) is 24.4 Å². The van der Waals surface area contributed by atoms with Crippen LogP contribution in [0.25, 0.3) is 11.3 Å². The molecule has 2 aliphatic rings. The van der Waals surface area contributed by atoms with Crippen molar-refractivity contribution in [2.45, 2.75) is 30.4 Å². The van der Waals surface area contributed by atoms with Crippen LogP contribution in [0.3, 0.4) is 0 Å². The number of hydrogen-bond acceptors (Lipinski definition) is 7. The maximum absolute atomic E-state index is 13.1. The summed E-state index contributed by atoms with van der Waals surface area (Å²) in [6.45, 7) is 0.321. The number of carbonyl (C=O) groups is 1. The smallest absolute Gasteiger partial charge is 0.329 e. The Morgan fingerprint density at radius 2 is 1.97 bits per heavy atom. The number of hydrogen-bond donors (Lipinski definition) is 0. The molecule has 3 heterocycles. The Bertz CT molecular complexity index is 1320. The van der Waals surface area contributed by atoms with Crippen LogP contribution in [0, 0.1) is 5.82 Å². The van der Waals surface area contributed by atoms with Crippen LogP contribution in [-0.2, 0) is 26.2 Å². The van der Waals surface area contributed by atoms with Gasteiger partial charge in [0.25, 0.3) is 10.0 Å². The Morgan fingerprint density at radius 1 is 1.19 bits per heavy atom. The molecule has 164 valence electrons. The minimum absolute atomic E-state index is 0.141.